The molecule has 0 bridgehead atoms. The molecule has 0 aromatic heterocycles. The van der Waals surface area contributed by atoms with Gasteiger partial charge in [-0.25, -0.2) is 14.5 Å². The van der Waals surface area contributed by atoms with E-state index in [-0.39, 0.29) is 56.4 Å². The van der Waals surface area contributed by atoms with Gasteiger partial charge in [0.15, 0.2) is 0 Å². The zero-order valence-electron chi connectivity index (χ0n) is 53.7. The van der Waals surface area contributed by atoms with Crippen LogP contribution in [0.15, 0.2) is 218 Å². The van der Waals surface area contributed by atoms with E-state index in [0.29, 0.717) is 53.2 Å². The molecule has 0 radical (unpaired) electrons. The Hall–Kier alpha value is -11.4. The minimum Gasteiger partial charge on any atom is -0.457 e. The van der Waals surface area contributed by atoms with Gasteiger partial charge in [0.05, 0.1) is 55.6 Å². The van der Waals surface area contributed by atoms with Crippen molar-refractivity contribution in [2.24, 2.45) is 0 Å². The summed E-state index contributed by atoms with van der Waals surface area (Å²) < 4.78 is 112. The van der Waals surface area contributed by atoms with E-state index in [1.165, 1.54) is 53.4 Å². The lowest BCUT2D eigenvalue weighted by molar-refractivity contribution is -0.139. The molecule has 0 N–H and O–H groups in total. The second-order valence-corrected chi connectivity index (χ2v) is 25.2. The molecule has 0 fully saturated rings. The fourth-order valence-electron chi connectivity index (χ4n) is 13.1. The van der Waals surface area contributed by atoms with Crippen LogP contribution < -0.4 is 23.8 Å². The number of halogens is 6. The van der Waals surface area contributed by atoms with Gasteiger partial charge in [0.1, 0.15) is 34.5 Å². The normalized spacial score (nSPS) is 14.0. The van der Waals surface area contributed by atoms with Gasteiger partial charge in [-0.3, -0.25) is 24.1 Å². The molecule has 10 aromatic rings. The van der Waals surface area contributed by atoms with Gasteiger partial charge in [-0.15, -0.1) is 0 Å². The SMILES string of the molecule is CCC(C)(C)c1ccc(-c2ccc(N3C(=O)c4ccc(C(=O)Oc5ccc(Oc6ccc(C7(c8ccc(Oc9ccc(OC(=O)c%10ccc%11c(c%10)C(=O)N(C(C)(CC)CC)C%11=O)cc9)cc8)c8ccccc8-c8ccccc87)cc6)cc5)cc4C3=O)cc2C(F)(F)F)c(C(F)(F)F)c1. The molecule has 98 heavy (non-hydrogen) atoms. The molecule has 0 atom stereocenters. The van der Waals surface area contributed by atoms with Crippen molar-refractivity contribution in [2.45, 2.75) is 89.5 Å². The standard InChI is InChI=1S/C80H60F6N2O10/c1-7-76(4,5)50-24-40-60(68(44-50)79(81,82)83)61-41-25-51(45-69(61)80(84,85)86)87-70(89)62-38-18-46(42-64(62)71(87)90)74(93)97-56-34-30-54(31-35-56)95-52-26-20-48(21-27-52)78(66-16-12-10-14-58(66)59-15-11-13-17-67(59)78)49-22-28-53(29-23-49)96-55-32-36-57(37-33-55)98-75(94)47-19-39-63-65(43-47)73(92)88(72(63)91)77(6,8-2)9-3/h10-45H,7-9H2,1-6H3. The zero-order valence-corrected chi connectivity index (χ0v) is 53.7. The summed E-state index contributed by atoms with van der Waals surface area (Å²) in [4.78, 5) is 83.1. The fraction of sp³-hybridized carbons (Fsp3) is 0.175. The molecule has 492 valence electrons. The third kappa shape index (κ3) is 11.4. The number of anilines is 1. The lowest BCUT2D eigenvalue weighted by Crippen LogP contribution is -2.48. The van der Waals surface area contributed by atoms with Crippen LogP contribution in [0.5, 0.6) is 34.5 Å². The van der Waals surface area contributed by atoms with Gasteiger partial charge in [0.2, 0.25) is 0 Å². The molecule has 0 saturated carbocycles. The van der Waals surface area contributed by atoms with Crippen molar-refractivity contribution in [1.82, 2.24) is 4.90 Å². The number of hydrogen-bond acceptors (Lipinski definition) is 10. The summed E-state index contributed by atoms with van der Waals surface area (Å²) in [7, 11) is 0. The zero-order chi connectivity index (χ0) is 69.4. The molecule has 2 aliphatic heterocycles. The Morgan fingerprint density at radius 2 is 0.765 bits per heavy atom. The number of ether oxygens (including phenoxy) is 4. The van der Waals surface area contributed by atoms with Gasteiger partial charge in [-0.2, -0.15) is 26.3 Å². The number of carbonyl (C=O) groups is 6. The maximum Gasteiger partial charge on any atom is 0.417 e. The van der Waals surface area contributed by atoms with Crippen molar-refractivity contribution >= 4 is 41.3 Å². The maximum atomic E-state index is 14.8. The number of fused-ring (bicyclic) bond motifs is 5. The van der Waals surface area contributed by atoms with E-state index in [4.69, 9.17) is 18.9 Å². The molecule has 0 saturated heterocycles. The number of carbonyl (C=O) groups excluding carboxylic acids is 6. The number of imide groups is 2. The lowest BCUT2D eigenvalue weighted by Gasteiger charge is -2.35. The third-order valence-corrected chi connectivity index (χ3v) is 19.2. The highest BCUT2D eigenvalue weighted by Gasteiger charge is 2.48. The van der Waals surface area contributed by atoms with Crippen LogP contribution >= 0.6 is 0 Å². The Morgan fingerprint density at radius 3 is 1.21 bits per heavy atom. The van der Waals surface area contributed by atoms with Crippen molar-refractivity contribution in [3.05, 3.63) is 291 Å². The number of amides is 4. The quantitative estimate of drug-likeness (QED) is 0.0374. The molecule has 18 heteroatoms. The summed E-state index contributed by atoms with van der Waals surface area (Å²) in [5.74, 6) is -2.30. The molecule has 4 amide bonds. The molecule has 0 spiro atoms. The summed E-state index contributed by atoms with van der Waals surface area (Å²) in [6.45, 7) is 11.0. The smallest absolute Gasteiger partial charge is 0.417 e. The molecule has 2 heterocycles. The van der Waals surface area contributed by atoms with Crippen LogP contribution in [0.25, 0.3) is 22.3 Å². The maximum absolute atomic E-state index is 14.8. The highest BCUT2D eigenvalue weighted by molar-refractivity contribution is 6.35. The third-order valence-electron chi connectivity index (χ3n) is 19.2. The first kappa shape index (κ1) is 65.3. The van der Waals surface area contributed by atoms with E-state index in [1.807, 2.05) is 93.6 Å². The summed E-state index contributed by atoms with van der Waals surface area (Å²) in [5, 5.41) is 0. The fourth-order valence-corrected chi connectivity index (χ4v) is 13.1. The van der Waals surface area contributed by atoms with Crippen LogP contribution in [0.3, 0.4) is 0 Å². The molecule has 10 aromatic carbocycles. The number of alkyl halides is 6. The summed E-state index contributed by atoms with van der Waals surface area (Å²) in [5.41, 5.74) is -0.715. The minimum atomic E-state index is -5.22. The summed E-state index contributed by atoms with van der Waals surface area (Å²) in [6, 6.07) is 58.1. The second-order valence-electron chi connectivity index (χ2n) is 25.2. The topological polar surface area (TPSA) is 146 Å². The predicted octanol–water partition coefficient (Wildman–Crippen LogP) is 19.4. The number of rotatable bonds is 17. The first-order valence-corrected chi connectivity index (χ1v) is 31.7. The molecule has 13 rings (SSSR count). The minimum absolute atomic E-state index is 0.0834. The first-order chi connectivity index (χ1) is 46.8. The monoisotopic (exact) mass is 1320 g/mol. The van der Waals surface area contributed by atoms with E-state index >= 15 is 0 Å². The Labute approximate surface area is 559 Å². The van der Waals surface area contributed by atoms with E-state index in [1.54, 1.807) is 57.2 Å². The van der Waals surface area contributed by atoms with Crippen molar-refractivity contribution in [3.63, 3.8) is 0 Å². The summed E-state index contributed by atoms with van der Waals surface area (Å²) >= 11 is 0. The van der Waals surface area contributed by atoms with Crippen molar-refractivity contribution in [1.29, 1.82) is 0 Å². The van der Waals surface area contributed by atoms with E-state index in [2.05, 4.69) is 24.3 Å². The average Bonchev–Trinajstić information content (AvgIpc) is 1.53. The number of hydrogen-bond donors (Lipinski definition) is 0. The highest BCUT2D eigenvalue weighted by atomic mass is 19.4. The van der Waals surface area contributed by atoms with Gasteiger partial charge in [-0.1, -0.05) is 126 Å². The highest BCUT2D eigenvalue weighted by Crippen LogP contribution is 2.57. The van der Waals surface area contributed by atoms with Gasteiger partial charge in [0.25, 0.3) is 23.6 Å². The Balaban J connectivity index is 0.683. The van der Waals surface area contributed by atoms with Gasteiger partial charge < -0.3 is 18.9 Å². The Morgan fingerprint density at radius 1 is 0.388 bits per heavy atom. The first-order valence-electron chi connectivity index (χ1n) is 31.7. The molecule has 1 aliphatic carbocycles. The average molecular weight is 1320 g/mol. The molecular weight excluding hydrogens is 1260 g/mol. The van der Waals surface area contributed by atoms with Crippen molar-refractivity contribution in [3.8, 4) is 56.8 Å². The summed E-state index contributed by atoms with van der Waals surface area (Å²) in [6.07, 6.45) is -8.63. The molecule has 3 aliphatic rings. The predicted molar refractivity (Wildman–Crippen MR) is 355 cm³/mol. The van der Waals surface area contributed by atoms with Gasteiger partial charge in [-0.05, 0) is 209 Å². The molecular formula is C80H60F6N2O10. The molecule has 12 nitrogen and oxygen atoms in total. The van der Waals surface area contributed by atoms with Crippen LogP contribution in [0.4, 0.5) is 32.0 Å². The lowest BCUT2D eigenvalue weighted by atomic mass is 9.68. The van der Waals surface area contributed by atoms with Crippen LogP contribution in [-0.2, 0) is 23.2 Å². The van der Waals surface area contributed by atoms with E-state index in [0.717, 1.165) is 63.7 Å². The van der Waals surface area contributed by atoms with E-state index in [9.17, 15) is 55.1 Å². The Bertz CT molecular complexity index is 4860. The van der Waals surface area contributed by atoms with E-state index < -0.39 is 86.3 Å². The van der Waals surface area contributed by atoms with Gasteiger partial charge >= 0.3 is 24.3 Å². The second kappa shape index (κ2) is 24.7. The number of benzene rings is 10. The van der Waals surface area contributed by atoms with Crippen molar-refractivity contribution < 1.29 is 74.1 Å². The van der Waals surface area contributed by atoms with Crippen LogP contribution in [0.1, 0.15) is 162 Å². The molecule has 0 unspecified atom stereocenters. The number of esters is 2. The van der Waals surface area contributed by atoms with Crippen molar-refractivity contribution in [2.75, 3.05) is 4.90 Å². The van der Waals surface area contributed by atoms with Crippen LogP contribution in [0.2, 0.25) is 0 Å². The Kier molecular flexibility index (Phi) is 16.4. The number of nitrogens with zero attached hydrogens (tertiary/aromatic N) is 2. The largest absolute Gasteiger partial charge is 0.457 e. The van der Waals surface area contributed by atoms with Crippen LogP contribution in [-0.4, -0.2) is 46.0 Å². The van der Waals surface area contributed by atoms with Crippen LogP contribution in [0, 0.1) is 0 Å². The van der Waals surface area contributed by atoms with Gasteiger partial charge in [0, 0.05) is 5.54 Å².